The molecule has 0 fully saturated rings. The Hall–Kier alpha value is -2.66. The SMILES string of the molecule is O=C(COc1ccc2c(c1)CCC2)OCc1csc(-c2ccccc2)n1. The van der Waals surface area contributed by atoms with E-state index >= 15 is 0 Å². The molecule has 0 amide bonds. The third-order valence-corrected chi connectivity index (χ3v) is 5.32. The van der Waals surface area contributed by atoms with Gasteiger partial charge in [-0.1, -0.05) is 36.4 Å². The number of fused-ring (bicyclic) bond motifs is 1. The molecular formula is C21H19NO3S. The smallest absolute Gasteiger partial charge is 0.344 e. The first-order chi connectivity index (χ1) is 12.8. The summed E-state index contributed by atoms with van der Waals surface area (Å²) >= 11 is 1.54. The molecule has 1 aliphatic carbocycles. The first-order valence-corrected chi connectivity index (χ1v) is 9.56. The Bertz CT molecular complexity index is 905. The predicted octanol–water partition coefficient (Wildman–Crippen LogP) is 4.42. The minimum Gasteiger partial charge on any atom is -0.482 e. The summed E-state index contributed by atoms with van der Waals surface area (Å²) in [5, 5.41) is 2.84. The van der Waals surface area contributed by atoms with Gasteiger partial charge < -0.3 is 9.47 Å². The van der Waals surface area contributed by atoms with E-state index in [4.69, 9.17) is 9.47 Å². The summed E-state index contributed by atoms with van der Waals surface area (Å²) < 4.78 is 10.8. The van der Waals surface area contributed by atoms with Crippen molar-refractivity contribution < 1.29 is 14.3 Å². The van der Waals surface area contributed by atoms with Crippen LogP contribution in [-0.4, -0.2) is 17.6 Å². The molecule has 0 N–H and O–H groups in total. The molecule has 0 radical (unpaired) electrons. The molecule has 5 heteroatoms. The van der Waals surface area contributed by atoms with Gasteiger partial charge in [0.2, 0.25) is 0 Å². The number of rotatable bonds is 6. The monoisotopic (exact) mass is 365 g/mol. The highest BCUT2D eigenvalue weighted by molar-refractivity contribution is 7.13. The molecule has 0 spiro atoms. The van der Waals surface area contributed by atoms with Gasteiger partial charge in [-0.25, -0.2) is 9.78 Å². The van der Waals surface area contributed by atoms with Crippen LogP contribution in [-0.2, 0) is 29.0 Å². The molecule has 0 saturated heterocycles. The van der Waals surface area contributed by atoms with Crippen LogP contribution >= 0.6 is 11.3 Å². The van der Waals surface area contributed by atoms with E-state index in [0.717, 1.165) is 34.9 Å². The van der Waals surface area contributed by atoms with E-state index in [1.54, 1.807) is 11.3 Å². The van der Waals surface area contributed by atoms with Crippen molar-refractivity contribution in [1.82, 2.24) is 4.98 Å². The lowest BCUT2D eigenvalue weighted by molar-refractivity contribution is -0.147. The van der Waals surface area contributed by atoms with E-state index < -0.39 is 0 Å². The Kier molecular flexibility index (Phi) is 4.97. The second kappa shape index (κ2) is 7.70. The van der Waals surface area contributed by atoms with Crippen LogP contribution in [0.15, 0.2) is 53.9 Å². The van der Waals surface area contributed by atoms with Gasteiger partial charge in [0.1, 0.15) is 17.4 Å². The van der Waals surface area contributed by atoms with Crippen molar-refractivity contribution in [2.45, 2.75) is 25.9 Å². The summed E-state index contributed by atoms with van der Waals surface area (Å²) in [6.45, 7) is 0.0736. The Morgan fingerprint density at radius 2 is 1.92 bits per heavy atom. The van der Waals surface area contributed by atoms with Crippen LogP contribution in [0, 0.1) is 0 Å². The van der Waals surface area contributed by atoms with Crippen LogP contribution in [0.5, 0.6) is 5.75 Å². The first-order valence-electron chi connectivity index (χ1n) is 8.68. The topological polar surface area (TPSA) is 48.4 Å². The lowest BCUT2D eigenvalue weighted by Gasteiger charge is -2.08. The standard InChI is InChI=1S/C21H19NO3S/c23-20(13-24-19-10-9-15-7-4-8-17(15)11-19)25-12-18-14-26-21(22-18)16-5-2-1-3-6-16/h1-3,5-6,9-11,14H,4,7-8,12-13H2. The average molecular weight is 365 g/mol. The Morgan fingerprint density at radius 3 is 2.81 bits per heavy atom. The van der Waals surface area contributed by atoms with Gasteiger partial charge in [0.25, 0.3) is 0 Å². The van der Waals surface area contributed by atoms with Gasteiger partial charge in [-0.2, -0.15) is 0 Å². The maximum atomic E-state index is 11.9. The molecule has 0 bridgehead atoms. The molecule has 4 rings (SSSR count). The third-order valence-electron chi connectivity index (χ3n) is 4.38. The van der Waals surface area contributed by atoms with E-state index in [2.05, 4.69) is 11.1 Å². The fourth-order valence-electron chi connectivity index (χ4n) is 3.06. The molecule has 2 aromatic carbocycles. The number of carbonyl (C=O) groups is 1. The van der Waals surface area contributed by atoms with Crippen molar-refractivity contribution in [3.05, 3.63) is 70.7 Å². The predicted molar refractivity (Wildman–Crippen MR) is 101 cm³/mol. The van der Waals surface area contributed by atoms with Gasteiger partial charge in [-0.15, -0.1) is 11.3 Å². The number of aromatic nitrogens is 1. The fourth-order valence-corrected chi connectivity index (χ4v) is 3.87. The second-order valence-electron chi connectivity index (χ2n) is 6.24. The molecule has 26 heavy (non-hydrogen) atoms. The van der Waals surface area contributed by atoms with E-state index in [1.807, 2.05) is 47.8 Å². The van der Waals surface area contributed by atoms with Crippen LogP contribution < -0.4 is 4.74 Å². The number of carbonyl (C=O) groups excluding carboxylic acids is 1. The number of benzene rings is 2. The number of aryl methyl sites for hydroxylation is 2. The van der Waals surface area contributed by atoms with Crippen molar-refractivity contribution in [3.8, 4) is 16.3 Å². The van der Waals surface area contributed by atoms with Crippen LogP contribution in [0.25, 0.3) is 10.6 Å². The molecule has 0 unspecified atom stereocenters. The first kappa shape index (κ1) is 16.8. The van der Waals surface area contributed by atoms with Crippen molar-refractivity contribution in [2.75, 3.05) is 6.61 Å². The van der Waals surface area contributed by atoms with Gasteiger partial charge in [0, 0.05) is 10.9 Å². The highest BCUT2D eigenvalue weighted by Gasteiger charge is 2.12. The molecule has 0 aliphatic heterocycles. The highest BCUT2D eigenvalue weighted by atomic mass is 32.1. The summed E-state index contributed by atoms with van der Waals surface area (Å²) in [6.07, 6.45) is 3.42. The minimum atomic E-state index is -0.389. The van der Waals surface area contributed by atoms with E-state index in [0.29, 0.717) is 0 Å². The van der Waals surface area contributed by atoms with Crippen molar-refractivity contribution >= 4 is 17.3 Å². The molecular weight excluding hydrogens is 346 g/mol. The van der Waals surface area contributed by atoms with Crippen molar-refractivity contribution in [1.29, 1.82) is 0 Å². The molecule has 0 atom stereocenters. The number of nitrogens with zero attached hydrogens (tertiary/aromatic N) is 1. The number of hydrogen-bond acceptors (Lipinski definition) is 5. The van der Waals surface area contributed by atoms with Crippen LogP contribution in [0.4, 0.5) is 0 Å². The molecule has 4 nitrogen and oxygen atoms in total. The Balaban J connectivity index is 1.27. The molecule has 1 heterocycles. The average Bonchev–Trinajstić information content (AvgIpc) is 3.34. The summed E-state index contributed by atoms with van der Waals surface area (Å²) in [6, 6.07) is 16.0. The lowest BCUT2D eigenvalue weighted by Crippen LogP contribution is -2.15. The Morgan fingerprint density at radius 1 is 1.08 bits per heavy atom. The largest absolute Gasteiger partial charge is 0.482 e. The zero-order chi connectivity index (χ0) is 17.8. The summed E-state index contributed by atoms with van der Waals surface area (Å²) in [5.41, 5.74) is 4.53. The van der Waals surface area contributed by atoms with E-state index in [9.17, 15) is 4.79 Å². The third kappa shape index (κ3) is 3.94. The van der Waals surface area contributed by atoms with Crippen molar-refractivity contribution in [3.63, 3.8) is 0 Å². The van der Waals surface area contributed by atoms with Gasteiger partial charge in [-0.05, 0) is 42.5 Å². The van der Waals surface area contributed by atoms with Crippen molar-refractivity contribution in [2.24, 2.45) is 0 Å². The molecule has 132 valence electrons. The van der Waals surface area contributed by atoms with Crippen LogP contribution in [0.2, 0.25) is 0 Å². The lowest BCUT2D eigenvalue weighted by atomic mass is 10.1. The molecule has 1 aromatic heterocycles. The van der Waals surface area contributed by atoms with Crippen LogP contribution in [0.3, 0.4) is 0 Å². The zero-order valence-electron chi connectivity index (χ0n) is 14.3. The summed E-state index contributed by atoms with van der Waals surface area (Å²) in [5.74, 6) is 0.336. The van der Waals surface area contributed by atoms with Gasteiger partial charge in [0.15, 0.2) is 6.61 Å². The maximum Gasteiger partial charge on any atom is 0.344 e. The summed E-state index contributed by atoms with van der Waals surface area (Å²) in [7, 11) is 0. The zero-order valence-corrected chi connectivity index (χ0v) is 15.1. The minimum absolute atomic E-state index is 0.0888. The highest BCUT2D eigenvalue weighted by Crippen LogP contribution is 2.26. The van der Waals surface area contributed by atoms with Gasteiger partial charge in [-0.3, -0.25) is 0 Å². The normalized spacial score (nSPS) is 12.6. The number of thiazole rings is 1. The summed E-state index contributed by atoms with van der Waals surface area (Å²) in [4.78, 5) is 16.4. The Labute approximate surface area is 156 Å². The quantitative estimate of drug-likeness (QED) is 0.607. The number of hydrogen-bond donors (Lipinski definition) is 0. The number of ether oxygens (including phenoxy) is 2. The molecule has 0 saturated carbocycles. The van der Waals surface area contributed by atoms with Gasteiger partial charge >= 0.3 is 5.97 Å². The number of esters is 1. The molecule has 3 aromatic rings. The van der Waals surface area contributed by atoms with Crippen LogP contribution in [0.1, 0.15) is 23.2 Å². The maximum absolute atomic E-state index is 11.9. The van der Waals surface area contributed by atoms with E-state index in [1.165, 1.54) is 17.5 Å². The second-order valence-corrected chi connectivity index (χ2v) is 7.10. The fraction of sp³-hybridized carbons (Fsp3) is 0.238. The van der Waals surface area contributed by atoms with E-state index in [-0.39, 0.29) is 19.2 Å². The molecule has 1 aliphatic rings. The van der Waals surface area contributed by atoms with Gasteiger partial charge in [0.05, 0.1) is 5.69 Å².